The third-order valence-electron chi connectivity index (χ3n) is 3.77. The van der Waals surface area contributed by atoms with E-state index < -0.39 is 10.0 Å². The van der Waals surface area contributed by atoms with Gasteiger partial charge in [-0.1, -0.05) is 12.1 Å². The van der Waals surface area contributed by atoms with Gasteiger partial charge >= 0.3 is 0 Å². The summed E-state index contributed by atoms with van der Waals surface area (Å²) in [4.78, 5) is 6.42. The number of pyridine rings is 1. The van der Waals surface area contributed by atoms with E-state index in [1.54, 1.807) is 30.8 Å². The lowest BCUT2D eigenvalue weighted by atomic mass is 10.2. The molecule has 0 bridgehead atoms. The van der Waals surface area contributed by atoms with Crippen LogP contribution in [0.2, 0.25) is 0 Å². The highest BCUT2D eigenvalue weighted by molar-refractivity contribution is 7.91. The molecular formula is C15H19N3O3S2. The second-order valence-electron chi connectivity index (χ2n) is 5.48. The van der Waals surface area contributed by atoms with Crippen LogP contribution in [0.3, 0.4) is 0 Å². The summed E-state index contributed by atoms with van der Waals surface area (Å²) in [5, 5.41) is 1.77. The first-order valence-electron chi connectivity index (χ1n) is 7.34. The molecule has 23 heavy (non-hydrogen) atoms. The Labute approximate surface area is 140 Å². The first kappa shape index (κ1) is 16.4. The minimum absolute atomic E-state index is 0.0479. The predicted octanol–water partition coefficient (Wildman–Crippen LogP) is 1.70. The van der Waals surface area contributed by atoms with Crippen molar-refractivity contribution in [3.05, 3.63) is 41.4 Å². The fourth-order valence-corrected chi connectivity index (χ4v) is 4.92. The third-order valence-corrected chi connectivity index (χ3v) is 6.69. The normalized spacial score (nSPS) is 19.1. The van der Waals surface area contributed by atoms with Gasteiger partial charge in [-0.05, 0) is 23.4 Å². The van der Waals surface area contributed by atoms with E-state index in [0.29, 0.717) is 16.6 Å². The van der Waals surface area contributed by atoms with E-state index >= 15 is 0 Å². The van der Waals surface area contributed by atoms with Crippen molar-refractivity contribution in [3.8, 4) is 5.88 Å². The van der Waals surface area contributed by atoms with Gasteiger partial charge in [0, 0.05) is 37.9 Å². The summed E-state index contributed by atoms with van der Waals surface area (Å²) < 4.78 is 32.7. The summed E-state index contributed by atoms with van der Waals surface area (Å²) in [6.07, 6.45) is 2.61. The summed E-state index contributed by atoms with van der Waals surface area (Å²) in [7, 11) is -1.80. The largest absolute Gasteiger partial charge is 0.481 e. The molecule has 1 unspecified atom stereocenters. The molecular weight excluding hydrogens is 334 g/mol. The smallest absolute Gasteiger partial charge is 0.250 e. The summed E-state index contributed by atoms with van der Waals surface area (Å²) in [6.45, 7) is 2.33. The van der Waals surface area contributed by atoms with E-state index in [-0.39, 0.29) is 6.04 Å². The van der Waals surface area contributed by atoms with Gasteiger partial charge in [0.15, 0.2) is 0 Å². The van der Waals surface area contributed by atoms with Crippen molar-refractivity contribution in [3.63, 3.8) is 0 Å². The van der Waals surface area contributed by atoms with Gasteiger partial charge in [-0.15, -0.1) is 11.3 Å². The number of hydrogen-bond donors (Lipinski definition) is 1. The first-order chi connectivity index (χ1) is 11.1. The molecule has 0 saturated carbocycles. The maximum Gasteiger partial charge on any atom is 0.250 e. The zero-order valence-electron chi connectivity index (χ0n) is 12.8. The Morgan fingerprint density at radius 2 is 2.30 bits per heavy atom. The summed E-state index contributed by atoms with van der Waals surface area (Å²) in [5.74, 6) is 0.594. The van der Waals surface area contributed by atoms with Crippen LogP contribution >= 0.6 is 11.3 Å². The molecule has 6 nitrogen and oxygen atoms in total. The Hall–Kier alpha value is -1.48. The second kappa shape index (κ2) is 6.96. The predicted molar refractivity (Wildman–Crippen MR) is 89.1 cm³/mol. The average Bonchev–Trinajstić information content (AvgIpc) is 3.20. The topological polar surface area (TPSA) is 71.5 Å². The second-order valence-corrected chi connectivity index (χ2v) is 8.37. The lowest BCUT2D eigenvalue weighted by molar-refractivity contribution is 0.323. The zero-order chi connectivity index (χ0) is 16.3. The van der Waals surface area contributed by atoms with Crippen LogP contribution in [0.4, 0.5) is 0 Å². The van der Waals surface area contributed by atoms with Crippen molar-refractivity contribution in [2.75, 3.05) is 20.2 Å². The Kier molecular flexibility index (Phi) is 4.96. The minimum Gasteiger partial charge on any atom is -0.481 e. The van der Waals surface area contributed by atoms with Gasteiger partial charge in [0.2, 0.25) is 15.9 Å². The van der Waals surface area contributed by atoms with Gasteiger partial charge in [0.25, 0.3) is 0 Å². The number of thiophene rings is 1. The van der Waals surface area contributed by atoms with Gasteiger partial charge in [-0.2, -0.15) is 0 Å². The van der Waals surface area contributed by atoms with E-state index in [0.717, 1.165) is 25.1 Å². The summed E-state index contributed by atoms with van der Waals surface area (Å²) >= 11 is 1.24. The molecule has 1 N–H and O–H groups in total. The highest BCUT2D eigenvalue weighted by Crippen LogP contribution is 2.19. The monoisotopic (exact) mass is 353 g/mol. The highest BCUT2D eigenvalue weighted by Gasteiger charge is 2.27. The maximum absolute atomic E-state index is 12.2. The number of rotatable bonds is 6. The van der Waals surface area contributed by atoms with Crippen molar-refractivity contribution in [2.45, 2.75) is 23.2 Å². The lowest BCUT2D eigenvalue weighted by Crippen LogP contribution is -2.36. The molecule has 1 fully saturated rings. The molecule has 124 valence electrons. The van der Waals surface area contributed by atoms with Crippen LogP contribution in [0.15, 0.2) is 40.1 Å². The summed E-state index contributed by atoms with van der Waals surface area (Å²) in [5.41, 5.74) is 1.09. The van der Waals surface area contributed by atoms with E-state index in [2.05, 4.69) is 14.6 Å². The van der Waals surface area contributed by atoms with E-state index in [9.17, 15) is 8.42 Å². The number of nitrogens with one attached hydrogen (secondary N) is 1. The van der Waals surface area contributed by atoms with E-state index in [1.165, 1.54) is 11.3 Å². The van der Waals surface area contributed by atoms with Gasteiger partial charge in [0.1, 0.15) is 4.21 Å². The Morgan fingerprint density at radius 1 is 1.43 bits per heavy atom. The molecule has 0 radical (unpaired) electrons. The zero-order valence-corrected chi connectivity index (χ0v) is 14.4. The standard InChI is InChI=1S/C15H19N3O3S2/c1-21-14-5-4-12(9-16-14)10-18-7-6-13(11-18)17-23(19,20)15-3-2-8-22-15/h2-5,8-9,13,17H,6-7,10-11H2,1H3. The highest BCUT2D eigenvalue weighted by atomic mass is 32.2. The number of methoxy groups -OCH3 is 1. The van der Waals surface area contributed by atoms with Crippen LogP contribution in [0.25, 0.3) is 0 Å². The lowest BCUT2D eigenvalue weighted by Gasteiger charge is -2.16. The number of hydrogen-bond acceptors (Lipinski definition) is 6. The Morgan fingerprint density at radius 3 is 2.96 bits per heavy atom. The molecule has 0 spiro atoms. The van der Waals surface area contributed by atoms with E-state index in [1.807, 2.05) is 12.1 Å². The Balaban J connectivity index is 1.56. The van der Waals surface area contributed by atoms with Crippen LogP contribution in [0, 0.1) is 0 Å². The fraction of sp³-hybridized carbons (Fsp3) is 0.400. The minimum atomic E-state index is -3.39. The summed E-state index contributed by atoms with van der Waals surface area (Å²) in [6, 6.07) is 7.14. The van der Waals surface area contributed by atoms with Crippen LogP contribution in [0.5, 0.6) is 5.88 Å². The number of aromatic nitrogens is 1. The van der Waals surface area contributed by atoms with Crippen molar-refractivity contribution < 1.29 is 13.2 Å². The molecule has 2 aromatic rings. The number of ether oxygens (including phenoxy) is 1. The number of sulfonamides is 1. The molecule has 8 heteroatoms. The third kappa shape index (κ3) is 4.08. The van der Waals surface area contributed by atoms with Crippen LogP contribution < -0.4 is 9.46 Å². The van der Waals surface area contributed by atoms with Crippen LogP contribution in [-0.2, 0) is 16.6 Å². The molecule has 3 rings (SSSR count). The SMILES string of the molecule is COc1ccc(CN2CCC(NS(=O)(=O)c3cccs3)C2)cn1. The fourth-order valence-electron chi connectivity index (χ4n) is 2.65. The quantitative estimate of drug-likeness (QED) is 0.856. The average molecular weight is 353 g/mol. The Bertz CT molecular complexity index is 730. The molecule has 1 aliphatic heterocycles. The number of likely N-dealkylation sites (tertiary alicyclic amines) is 1. The van der Waals surface area contributed by atoms with Gasteiger partial charge < -0.3 is 4.74 Å². The molecule has 0 aromatic carbocycles. The van der Waals surface area contributed by atoms with Crippen molar-refractivity contribution in [1.29, 1.82) is 0 Å². The van der Waals surface area contributed by atoms with Crippen molar-refractivity contribution in [1.82, 2.24) is 14.6 Å². The molecule has 2 aromatic heterocycles. The van der Waals surface area contributed by atoms with Crippen molar-refractivity contribution >= 4 is 21.4 Å². The molecule has 1 saturated heterocycles. The molecule has 0 aliphatic carbocycles. The van der Waals surface area contributed by atoms with Gasteiger partial charge in [0.05, 0.1) is 7.11 Å². The van der Waals surface area contributed by atoms with Gasteiger partial charge in [-0.3, -0.25) is 4.90 Å². The molecule has 3 heterocycles. The van der Waals surface area contributed by atoms with Gasteiger partial charge in [-0.25, -0.2) is 18.1 Å². The first-order valence-corrected chi connectivity index (χ1v) is 9.70. The van der Waals surface area contributed by atoms with Crippen LogP contribution in [0.1, 0.15) is 12.0 Å². The van der Waals surface area contributed by atoms with E-state index in [4.69, 9.17) is 4.74 Å². The number of nitrogens with zero attached hydrogens (tertiary/aromatic N) is 2. The molecule has 1 aliphatic rings. The van der Waals surface area contributed by atoms with Crippen molar-refractivity contribution in [2.24, 2.45) is 0 Å². The maximum atomic E-state index is 12.2. The molecule has 0 amide bonds. The molecule has 1 atom stereocenters. The van der Waals surface area contributed by atoms with Crippen LogP contribution in [-0.4, -0.2) is 44.5 Å².